The van der Waals surface area contributed by atoms with Crippen molar-refractivity contribution < 1.29 is 24.2 Å². The number of carboxylic acids is 1. The number of carbonyl (C=O) groups excluding carboxylic acids is 2. The summed E-state index contributed by atoms with van der Waals surface area (Å²) in [7, 11) is 1.51. The number of carbonyl (C=O) groups is 3. The van der Waals surface area contributed by atoms with Gasteiger partial charge in [0.2, 0.25) is 11.8 Å². The van der Waals surface area contributed by atoms with Crippen LogP contribution in [0.15, 0.2) is 0 Å². The van der Waals surface area contributed by atoms with Crippen molar-refractivity contribution in [2.75, 3.05) is 39.9 Å². The van der Waals surface area contributed by atoms with Crippen LogP contribution in [0.2, 0.25) is 0 Å². The van der Waals surface area contributed by atoms with Crippen LogP contribution >= 0.6 is 0 Å². The Bertz CT molecular complexity index is 427. The average molecular weight is 328 g/mol. The summed E-state index contributed by atoms with van der Waals surface area (Å²) in [6, 6.07) is 0. The number of hydrogen-bond acceptors (Lipinski definition) is 4. The van der Waals surface area contributed by atoms with E-state index in [0.717, 1.165) is 12.8 Å². The van der Waals surface area contributed by atoms with E-state index in [0.29, 0.717) is 26.1 Å². The first kappa shape index (κ1) is 19.4. The second-order valence-electron chi connectivity index (χ2n) is 6.08. The van der Waals surface area contributed by atoms with Crippen molar-refractivity contribution in [2.24, 2.45) is 11.8 Å². The summed E-state index contributed by atoms with van der Waals surface area (Å²) in [4.78, 5) is 38.9. The second kappa shape index (κ2) is 9.50. The maximum Gasteiger partial charge on any atom is 0.323 e. The fraction of sp³-hybridized carbons (Fsp3) is 0.812. The number of ether oxygens (including phenoxy) is 1. The summed E-state index contributed by atoms with van der Waals surface area (Å²) < 4.78 is 4.95. The Morgan fingerprint density at radius 1 is 1.39 bits per heavy atom. The molecule has 1 aliphatic heterocycles. The summed E-state index contributed by atoms with van der Waals surface area (Å²) in [5.74, 6) is -1.55. The van der Waals surface area contributed by atoms with Crippen LogP contribution in [0.3, 0.4) is 0 Å². The average Bonchev–Trinajstić information content (AvgIpc) is 2.56. The lowest BCUT2D eigenvalue weighted by Crippen LogP contribution is -2.49. The summed E-state index contributed by atoms with van der Waals surface area (Å²) in [5.41, 5.74) is 0. The van der Waals surface area contributed by atoms with Crippen molar-refractivity contribution in [2.45, 2.75) is 33.1 Å². The summed E-state index contributed by atoms with van der Waals surface area (Å²) in [5, 5.41) is 8.98. The second-order valence-corrected chi connectivity index (χ2v) is 6.08. The Balaban J connectivity index is 2.72. The highest BCUT2D eigenvalue weighted by Gasteiger charge is 2.32. The maximum atomic E-state index is 12.6. The monoisotopic (exact) mass is 328 g/mol. The van der Waals surface area contributed by atoms with Crippen LogP contribution in [-0.2, 0) is 19.1 Å². The molecular weight excluding hydrogens is 300 g/mol. The van der Waals surface area contributed by atoms with Gasteiger partial charge in [-0.2, -0.15) is 0 Å². The number of aliphatic carboxylic acids is 1. The van der Waals surface area contributed by atoms with Crippen LogP contribution in [0.1, 0.15) is 33.1 Å². The molecule has 1 rings (SSSR count). The van der Waals surface area contributed by atoms with E-state index in [4.69, 9.17) is 9.84 Å². The van der Waals surface area contributed by atoms with Gasteiger partial charge in [0, 0.05) is 32.7 Å². The zero-order valence-corrected chi connectivity index (χ0v) is 14.3. The van der Waals surface area contributed by atoms with Gasteiger partial charge in [-0.05, 0) is 19.3 Å². The maximum absolute atomic E-state index is 12.6. The molecule has 1 N–H and O–H groups in total. The highest BCUT2D eigenvalue weighted by molar-refractivity contribution is 5.84. The Kier molecular flexibility index (Phi) is 8.02. The molecule has 0 aliphatic carbocycles. The highest BCUT2D eigenvalue weighted by atomic mass is 16.5. The first-order valence-electron chi connectivity index (χ1n) is 8.19. The molecule has 7 heteroatoms. The predicted molar refractivity (Wildman–Crippen MR) is 84.9 cm³/mol. The minimum absolute atomic E-state index is 0.0486. The Morgan fingerprint density at radius 2 is 2.09 bits per heavy atom. The van der Waals surface area contributed by atoms with Gasteiger partial charge in [-0.15, -0.1) is 0 Å². The van der Waals surface area contributed by atoms with E-state index >= 15 is 0 Å². The molecule has 2 unspecified atom stereocenters. The molecular formula is C16H28N2O5. The molecule has 2 amide bonds. The first-order valence-corrected chi connectivity index (χ1v) is 8.19. The SMILES string of the molecule is CCC(C)C(=O)N1CCCC(C(=O)N(CCOC)CC(=O)O)C1. The van der Waals surface area contributed by atoms with Crippen molar-refractivity contribution in [3.05, 3.63) is 0 Å². The molecule has 132 valence electrons. The van der Waals surface area contributed by atoms with Crippen molar-refractivity contribution in [3.8, 4) is 0 Å². The lowest BCUT2D eigenvalue weighted by molar-refractivity contribution is -0.149. The molecule has 23 heavy (non-hydrogen) atoms. The van der Waals surface area contributed by atoms with Crippen LogP contribution in [0, 0.1) is 11.8 Å². The van der Waals surface area contributed by atoms with E-state index in [2.05, 4.69) is 0 Å². The Morgan fingerprint density at radius 3 is 2.65 bits per heavy atom. The number of likely N-dealkylation sites (tertiary alicyclic amines) is 1. The third kappa shape index (κ3) is 5.82. The van der Waals surface area contributed by atoms with Crippen molar-refractivity contribution >= 4 is 17.8 Å². The van der Waals surface area contributed by atoms with Gasteiger partial charge in [-0.25, -0.2) is 0 Å². The van der Waals surface area contributed by atoms with E-state index in [1.54, 1.807) is 4.90 Å². The Labute approximate surface area is 137 Å². The molecule has 1 fully saturated rings. The molecule has 0 aromatic rings. The first-order chi connectivity index (χ1) is 10.9. The summed E-state index contributed by atoms with van der Waals surface area (Å²) in [6.45, 7) is 5.11. The minimum Gasteiger partial charge on any atom is -0.480 e. The van der Waals surface area contributed by atoms with Gasteiger partial charge >= 0.3 is 5.97 Å². The molecule has 7 nitrogen and oxygen atoms in total. The van der Waals surface area contributed by atoms with E-state index in [-0.39, 0.29) is 36.7 Å². The number of nitrogens with zero attached hydrogens (tertiary/aromatic N) is 2. The molecule has 1 saturated heterocycles. The van der Waals surface area contributed by atoms with Gasteiger partial charge in [-0.1, -0.05) is 13.8 Å². The van der Waals surface area contributed by atoms with E-state index in [1.807, 2.05) is 13.8 Å². The van der Waals surface area contributed by atoms with E-state index < -0.39 is 5.97 Å². The number of rotatable bonds is 8. The number of methoxy groups -OCH3 is 1. The lowest BCUT2D eigenvalue weighted by atomic mass is 9.95. The predicted octanol–water partition coefficient (Wildman–Crippen LogP) is 0.831. The van der Waals surface area contributed by atoms with Gasteiger partial charge in [0.05, 0.1) is 12.5 Å². The van der Waals surface area contributed by atoms with Gasteiger partial charge in [-0.3, -0.25) is 14.4 Å². The quantitative estimate of drug-likeness (QED) is 0.713. The molecule has 2 atom stereocenters. The van der Waals surface area contributed by atoms with E-state index in [9.17, 15) is 14.4 Å². The van der Waals surface area contributed by atoms with Crippen LogP contribution in [0.25, 0.3) is 0 Å². The fourth-order valence-electron chi connectivity index (χ4n) is 2.76. The molecule has 0 spiro atoms. The smallest absolute Gasteiger partial charge is 0.323 e. The summed E-state index contributed by atoms with van der Waals surface area (Å²) in [6.07, 6.45) is 2.23. The molecule has 1 heterocycles. The third-order valence-electron chi connectivity index (χ3n) is 4.32. The lowest BCUT2D eigenvalue weighted by Gasteiger charge is -2.35. The van der Waals surface area contributed by atoms with Crippen molar-refractivity contribution in [1.82, 2.24) is 9.80 Å². The summed E-state index contributed by atoms with van der Waals surface area (Å²) >= 11 is 0. The third-order valence-corrected chi connectivity index (χ3v) is 4.32. The molecule has 0 aromatic carbocycles. The van der Waals surface area contributed by atoms with E-state index in [1.165, 1.54) is 12.0 Å². The highest BCUT2D eigenvalue weighted by Crippen LogP contribution is 2.21. The van der Waals surface area contributed by atoms with Crippen molar-refractivity contribution in [3.63, 3.8) is 0 Å². The molecule has 1 aliphatic rings. The fourth-order valence-corrected chi connectivity index (χ4v) is 2.76. The number of piperidine rings is 1. The molecule has 0 saturated carbocycles. The molecule has 0 bridgehead atoms. The molecule has 0 aromatic heterocycles. The topological polar surface area (TPSA) is 87.2 Å². The van der Waals surface area contributed by atoms with Crippen molar-refractivity contribution in [1.29, 1.82) is 0 Å². The minimum atomic E-state index is -1.04. The van der Waals surface area contributed by atoms with Crippen LogP contribution in [0.4, 0.5) is 0 Å². The van der Waals surface area contributed by atoms with Gasteiger partial charge in [0.1, 0.15) is 6.54 Å². The zero-order valence-electron chi connectivity index (χ0n) is 14.3. The van der Waals surface area contributed by atoms with Crippen LogP contribution < -0.4 is 0 Å². The molecule has 0 radical (unpaired) electrons. The van der Waals surface area contributed by atoms with Gasteiger partial charge in [0.15, 0.2) is 0 Å². The standard InChI is InChI=1S/C16H28N2O5/c1-4-12(2)15(21)17-7-5-6-13(10-17)16(22)18(8-9-23-3)11-14(19)20/h12-13H,4-11H2,1-3H3,(H,19,20). The van der Waals surface area contributed by atoms with Crippen LogP contribution in [0.5, 0.6) is 0 Å². The van der Waals surface area contributed by atoms with Crippen LogP contribution in [-0.4, -0.2) is 72.6 Å². The number of amides is 2. The van der Waals surface area contributed by atoms with Gasteiger partial charge in [0.25, 0.3) is 0 Å². The zero-order chi connectivity index (χ0) is 17.4. The largest absolute Gasteiger partial charge is 0.480 e. The Hall–Kier alpha value is -1.63. The number of hydrogen-bond donors (Lipinski definition) is 1. The van der Waals surface area contributed by atoms with Gasteiger partial charge < -0.3 is 19.6 Å². The number of carboxylic acid groups (broad SMARTS) is 1. The normalized spacial score (nSPS) is 19.3.